The van der Waals surface area contributed by atoms with Gasteiger partial charge in [-0.2, -0.15) is 0 Å². The maximum atomic E-state index is 11.8. The Morgan fingerprint density at radius 1 is 1.19 bits per heavy atom. The van der Waals surface area contributed by atoms with E-state index in [1.165, 1.54) is 13.3 Å². The fourth-order valence-corrected chi connectivity index (χ4v) is 2.01. The third-order valence-corrected chi connectivity index (χ3v) is 2.65. The molecule has 0 aliphatic carbocycles. The van der Waals surface area contributed by atoms with E-state index in [2.05, 4.69) is 0 Å². The summed E-state index contributed by atoms with van der Waals surface area (Å²) in [6.07, 6.45) is 3.25. The standard InChI is InChI=1S/C12H21NO3/c1-10(14)9-12(2,3)16-11(15)13-7-5-4-6-8-13/h4-9H2,1-3H3. The van der Waals surface area contributed by atoms with Crippen LogP contribution in [0.5, 0.6) is 0 Å². The quantitative estimate of drug-likeness (QED) is 0.743. The van der Waals surface area contributed by atoms with Crippen LogP contribution in [-0.4, -0.2) is 35.5 Å². The van der Waals surface area contributed by atoms with Gasteiger partial charge in [-0.25, -0.2) is 4.79 Å². The lowest BCUT2D eigenvalue weighted by Crippen LogP contribution is -2.41. The lowest BCUT2D eigenvalue weighted by Gasteiger charge is -2.31. The van der Waals surface area contributed by atoms with E-state index in [4.69, 9.17) is 4.74 Å². The van der Waals surface area contributed by atoms with Crippen LogP contribution >= 0.6 is 0 Å². The summed E-state index contributed by atoms with van der Waals surface area (Å²) in [6, 6.07) is 0. The summed E-state index contributed by atoms with van der Waals surface area (Å²) in [7, 11) is 0. The lowest BCUT2D eigenvalue weighted by atomic mass is 10.0. The SMILES string of the molecule is CC(=O)CC(C)(C)OC(=O)N1CCCCC1. The number of nitrogens with zero attached hydrogens (tertiary/aromatic N) is 1. The van der Waals surface area contributed by atoms with Gasteiger partial charge in [0.1, 0.15) is 11.4 Å². The summed E-state index contributed by atoms with van der Waals surface area (Å²) in [5.41, 5.74) is -0.694. The van der Waals surface area contributed by atoms with Crippen molar-refractivity contribution < 1.29 is 14.3 Å². The second-order valence-corrected chi connectivity index (χ2v) is 5.05. The molecule has 1 fully saturated rings. The van der Waals surface area contributed by atoms with E-state index in [0.29, 0.717) is 0 Å². The van der Waals surface area contributed by atoms with Gasteiger partial charge in [-0.1, -0.05) is 0 Å². The van der Waals surface area contributed by atoms with Crippen LogP contribution in [-0.2, 0) is 9.53 Å². The zero-order valence-electron chi connectivity index (χ0n) is 10.4. The number of likely N-dealkylation sites (tertiary alicyclic amines) is 1. The first-order chi connectivity index (χ1) is 7.41. The minimum absolute atomic E-state index is 0.0384. The highest BCUT2D eigenvalue weighted by Crippen LogP contribution is 2.18. The number of carbonyl (C=O) groups is 2. The first kappa shape index (κ1) is 13.0. The van der Waals surface area contributed by atoms with Crippen molar-refractivity contribution in [3.05, 3.63) is 0 Å². The molecule has 0 N–H and O–H groups in total. The number of hydrogen-bond acceptors (Lipinski definition) is 3. The Kier molecular flexibility index (Phi) is 4.33. The summed E-state index contributed by atoms with van der Waals surface area (Å²) < 4.78 is 5.35. The Balaban J connectivity index is 2.45. The lowest BCUT2D eigenvalue weighted by molar-refractivity contribution is -0.121. The van der Waals surface area contributed by atoms with Crippen LogP contribution in [0.25, 0.3) is 0 Å². The summed E-state index contributed by atoms with van der Waals surface area (Å²) in [6.45, 7) is 6.60. The topological polar surface area (TPSA) is 46.6 Å². The largest absolute Gasteiger partial charge is 0.443 e. The van der Waals surface area contributed by atoms with Crippen molar-refractivity contribution in [3.8, 4) is 0 Å². The average Bonchev–Trinajstić information content (AvgIpc) is 2.16. The van der Waals surface area contributed by atoms with Crippen LogP contribution < -0.4 is 0 Å². The molecule has 4 nitrogen and oxygen atoms in total. The summed E-state index contributed by atoms with van der Waals surface area (Å²) in [5.74, 6) is 0.0384. The summed E-state index contributed by atoms with van der Waals surface area (Å²) in [4.78, 5) is 24.5. The predicted molar refractivity (Wildman–Crippen MR) is 61.3 cm³/mol. The van der Waals surface area contributed by atoms with Crippen LogP contribution in [0.3, 0.4) is 0 Å². The molecular formula is C12H21NO3. The fraction of sp³-hybridized carbons (Fsp3) is 0.833. The van der Waals surface area contributed by atoms with Crippen molar-refractivity contribution in [1.82, 2.24) is 4.90 Å². The van der Waals surface area contributed by atoms with Gasteiger partial charge >= 0.3 is 6.09 Å². The van der Waals surface area contributed by atoms with Gasteiger partial charge in [0.15, 0.2) is 0 Å². The maximum Gasteiger partial charge on any atom is 0.410 e. The molecule has 1 heterocycles. The van der Waals surface area contributed by atoms with Gasteiger partial charge in [-0.3, -0.25) is 4.79 Å². The molecule has 0 atom stereocenters. The van der Waals surface area contributed by atoms with Gasteiger partial charge in [0, 0.05) is 19.5 Å². The molecule has 0 bridgehead atoms. The maximum absolute atomic E-state index is 11.8. The van der Waals surface area contributed by atoms with E-state index in [1.54, 1.807) is 18.7 Å². The van der Waals surface area contributed by atoms with Crippen molar-refractivity contribution in [1.29, 1.82) is 0 Å². The molecule has 1 amide bonds. The third kappa shape index (κ3) is 4.21. The fourth-order valence-electron chi connectivity index (χ4n) is 2.01. The predicted octanol–water partition coefficient (Wildman–Crippen LogP) is 2.37. The van der Waals surface area contributed by atoms with Crippen LogP contribution in [0.2, 0.25) is 0 Å². The van der Waals surface area contributed by atoms with Gasteiger partial charge in [-0.05, 0) is 40.0 Å². The van der Waals surface area contributed by atoms with Crippen molar-refractivity contribution in [3.63, 3.8) is 0 Å². The molecule has 1 aliphatic heterocycles. The number of rotatable bonds is 3. The molecule has 1 rings (SSSR count). The first-order valence-corrected chi connectivity index (χ1v) is 5.88. The normalized spacial score (nSPS) is 17.1. The third-order valence-electron chi connectivity index (χ3n) is 2.65. The Morgan fingerprint density at radius 3 is 2.25 bits per heavy atom. The summed E-state index contributed by atoms with van der Waals surface area (Å²) in [5, 5.41) is 0. The Labute approximate surface area is 96.9 Å². The highest BCUT2D eigenvalue weighted by molar-refractivity contribution is 5.77. The molecule has 0 aromatic heterocycles. The highest BCUT2D eigenvalue weighted by atomic mass is 16.6. The van der Waals surface area contributed by atoms with Crippen LogP contribution in [0.4, 0.5) is 4.79 Å². The van der Waals surface area contributed by atoms with Gasteiger partial charge in [0.2, 0.25) is 0 Å². The van der Waals surface area contributed by atoms with Crippen LogP contribution in [0.1, 0.15) is 46.5 Å². The number of Topliss-reactive ketones (excluding diaryl/α,β-unsaturated/α-hetero) is 1. The molecule has 1 saturated heterocycles. The average molecular weight is 227 g/mol. The van der Waals surface area contributed by atoms with Crippen molar-refractivity contribution >= 4 is 11.9 Å². The minimum atomic E-state index is -0.694. The smallest absolute Gasteiger partial charge is 0.410 e. The molecule has 0 aromatic rings. The number of hydrogen-bond donors (Lipinski definition) is 0. The summed E-state index contributed by atoms with van der Waals surface area (Å²) >= 11 is 0. The molecule has 4 heteroatoms. The molecule has 16 heavy (non-hydrogen) atoms. The van der Waals surface area contributed by atoms with Crippen LogP contribution in [0, 0.1) is 0 Å². The van der Waals surface area contributed by atoms with Crippen molar-refractivity contribution in [2.24, 2.45) is 0 Å². The molecule has 0 aromatic carbocycles. The van der Waals surface area contributed by atoms with E-state index in [9.17, 15) is 9.59 Å². The second kappa shape index (κ2) is 5.32. The Morgan fingerprint density at radius 2 is 1.75 bits per heavy atom. The minimum Gasteiger partial charge on any atom is -0.443 e. The highest BCUT2D eigenvalue weighted by Gasteiger charge is 2.28. The number of piperidine rings is 1. The Bertz CT molecular complexity index is 267. The molecular weight excluding hydrogens is 206 g/mol. The number of ether oxygens (including phenoxy) is 1. The Hall–Kier alpha value is -1.06. The van der Waals surface area contributed by atoms with E-state index < -0.39 is 5.60 Å². The number of carbonyl (C=O) groups excluding carboxylic acids is 2. The van der Waals surface area contributed by atoms with E-state index >= 15 is 0 Å². The molecule has 92 valence electrons. The first-order valence-electron chi connectivity index (χ1n) is 5.88. The zero-order chi connectivity index (χ0) is 12.2. The van der Waals surface area contributed by atoms with Crippen molar-refractivity contribution in [2.75, 3.05) is 13.1 Å². The van der Waals surface area contributed by atoms with Gasteiger partial charge in [-0.15, -0.1) is 0 Å². The molecule has 1 aliphatic rings. The second-order valence-electron chi connectivity index (χ2n) is 5.05. The number of ketones is 1. The van der Waals surface area contributed by atoms with E-state index in [-0.39, 0.29) is 18.3 Å². The van der Waals surface area contributed by atoms with E-state index in [0.717, 1.165) is 25.9 Å². The van der Waals surface area contributed by atoms with Crippen LogP contribution in [0.15, 0.2) is 0 Å². The molecule has 0 spiro atoms. The van der Waals surface area contributed by atoms with Gasteiger partial charge in [0.25, 0.3) is 0 Å². The molecule has 0 unspecified atom stereocenters. The number of amides is 1. The van der Waals surface area contributed by atoms with Gasteiger partial charge < -0.3 is 9.64 Å². The van der Waals surface area contributed by atoms with Crippen molar-refractivity contribution in [2.45, 2.75) is 52.1 Å². The van der Waals surface area contributed by atoms with Gasteiger partial charge in [0.05, 0.1) is 0 Å². The molecule has 0 saturated carbocycles. The molecule has 0 radical (unpaired) electrons. The monoisotopic (exact) mass is 227 g/mol. The zero-order valence-corrected chi connectivity index (χ0v) is 10.4. The van der Waals surface area contributed by atoms with E-state index in [1.807, 2.05) is 0 Å².